The van der Waals surface area contributed by atoms with E-state index in [9.17, 15) is 0 Å². The summed E-state index contributed by atoms with van der Waals surface area (Å²) in [7, 11) is 0. The summed E-state index contributed by atoms with van der Waals surface area (Å²) in [6, 6.07) is 6.23. The van der Waals surface area contributed by atoms with Crippen LogP contribution in [-0.2, 0) is 5.41 Å². The Bertz CT molecular complexity index is 474. The highest BCUT2D eigenvalue weighted by molar-refractivity contribution is 5.30. The Morgan fingerprint density at radius 3 is 2.11 bits per heavy atom. The summed E-state index contributed by atoms with van der Waals surface area (Å²) in [5.41, 5.74) is 2.31. The number of pyridine rings is 1. The van der Waals surface area contributed by atoms with Crippen molar-refractivity contribution in [2.45, 2.75) is 43.9 Å². The molecule has 0 aliphatic heterocycles. The van der Waals surface area contributed by atoms with Crippen LogP contribution in [0.4, 0.5) is 0 Å². The van der Waals surface area contributed by atoms with Gasteiger partial charge in [-0.2, -0.15) is 5.26 Å². The van der Waals surface area contributed by atoms with Crippen molar-refractivity contribution < 1.29 is 0 Å². The first-order valence-corrected chi connectivity index (χ1v) is 7.14. The molecule has 2 nitrogen and oxygen atoms in total. The molecule has 4 saturated carbocycles. The second-order valence-electron chi connectivity index (χ2n) is 6.74. The van der Waals surface area contributed by atoms with Gasteiger partial charge in [0.15, 0.2) is 0 Å². The van der Waals surface area contributed by atoms with E-state index in [1.807, 2.05) is 6.07 Å². The lowest BCUT2D eigenvalue weighted by Crippen LogP contribution is -2.48. The molecule has 0 N–H and O–H groups in total. The summed E-state index contributed by atoms with van der Waals surface area (Å²) in [5, 5.41) is 8.87. The number of aromatic nitrogens is 1. The molecule has 0 unspecified atom stereocenters. The Labute approximate surface area is 108 Å². The third-order valence-electron chi connectivity index (χ3n) is 5.47. The van der Waals surface area contributed by atoms with Crippen molar-refractivity contribution >= 4 is 0 Å². The van der Waals surface area contributed by atoms with Crippen LogP contribution < -0.4 is 0 Å². The fraction of sp³-hybridized carbons (Fsp3) is 0.625. The van der Waals surface area contributed by atoms with E-state index in [0.29, 0.717) is 11.0 Å². The SMILES string of the molecule is N#Cc1ccc(C23CC4CC(CC(C4)C2)C3)nc1. The van der Waals surface area contributed by atoms with Crippen LogP contribution in [-0.4, -0.2) is 4.98 Å². The van der Waals surface area contributed by atoms with E-state index >= 15 is 0 Å². The highest BCUT2D eigenvalue weighted by Gasteiger charge is 2.52. The van der Waals surface area contributed by atoms with Gasteiger partial charge in [-0.3, -0.25) is 4.98 Å². The standard InChI is InChI=1S/C16H18N2/c17-9-11-1-2-15(18-10-11)16-6-12-3-13(7-16)5-14(4-12)8-16/h1-2,10,12-14H,3-8H2. The maximum absolute atomic E-state index is 8.87. The third kappa shape index (κ3) is 1.43. The van der Waals surface area contributed by atoms with Crippen molar-refractivity contribution in [1.82, 2.24) is 4.98 Å². The van der Waals surface area contributed by atoms with Crippen molar-refractivity contribution in [3.63, 3.8) is 0 Å². The minimum Gasteiger partial charge on any atom is -0.259 e. The smallest absolute Gasteiger partial charge is 0.101 e. The molecule has 18 heavy (non-hydrogen) atoms. The maximum atomic E-state index is 8.87. The molecule has 4 fully saturated rings. The number of nitrogens with zero attached hydrogens (tertiary/aromatic N) is 2. The summed E-state index contributed by atoms with van der Waals surface area (Å²) < 4.78 is 0. The Kier molecular flexibility index (Phi) is 2.09. The maximum Gasteiger partial charge on any atom is 0.101 e. The van der Waals surface area contributed by atoms with Gasteiger partial charge in [-0.25, -0.2) is 0 Å². The van der Waals surface area contributed by atoms with Crippen molar-refractivity contribution in [2.24, 2.45) is 17.8 Å². The Hall–Kier alpha value is -1.36. The van der Waals surface area contributed by atoms with E-state index in [-0.39, 0.29) is 0 Å². The summed E-state index contributed by atoms with van der Waals surface area (Å²) in [6.45, 7) is 0. The van der Waals surface area contributed by atoms with Crippen LogP contribution in [0.3, 0.4) is 0 Å². The lowest BCUT2D eigenvalue weighted by Gasteiger charge is -2.56. The molecule has 1 aromatic rings. The van der Waals surface area contributed by atoms with Crippen LogP contribution in [0.1, 0.15) is 49.8 Å². The minimum absolute atomic E-state index is 0.364. The van der Waals surface area contributed by atoms with Crippen molar-refractivity contribution in [3.8, 4) is 6.07 Å². The number of hydrogen-bond donors (Lipinski definition) is 0. The number of nitriles is 1. The van der Waals surface area contributed by atoms with E-state index in [2.05, 4.69) is 17.1 Å². The quantitative estimate of drug-likeness (QED) is 0.751. The van der Waals surface area contributed by atoms with Crippen molar-refractivity contribution in [3.05, 3.63) is 29.6 Å². The molecule has 0 spiro atoms. The lowest BCUT2D eigenvalue weighted by atomic mass is 9.49. The third-order valence-corrected chi connectivity index (χ3v) is 5.47. The molecular weight excluding hydrogens is 220 g/mol. The molecule has 1 heterocycles. The van der Waals surface area contributed by atoms with Crippen molar-refractivity contribution in [2.75, 3.05) is 0 Å². The van der Waals surface area contributed by atoms with Gasteiger partial charge in [-0.05, 0) is 68.4 Å². The molecule has 0 amide bonds. The average molecular weight is 238 g/mol. The molecule has 2 heteroatoms. The summed E-state index contributed by atoms with van der Waals surface area (Å²) >= 11 is 0. The van der Waals surface area contributed by atoms with Gasteiger partial charge in [0.1, 0.15) is 6.07 Å². The number of hydrogen-bond acceptors (Lipinski definition) is 2. The topological polar surface area (TPSA) is 36.7 Å². The average Bonchev–Trinajstić information content (AvgIpc) is 2.37. The van der Waals surface area contributed by atoms with E-state index in [0.717, 1.165) is 17.8 Å². The summed E-state index contributed by atoms with van der Waals surface area (Å²) in [5.74, 6) is 2.86. The first-order chi connectivity index (χ1) is 8.77. The molecule has 92 valence electrons. The van der Waals surface area contributed by atoms with Crippen LogP contribution in [0, 0.1) is 29.1 Å². The summed E-state index contributed by atoms with van der Waals surface area (Å²) in [4.78, 5) is 4.62. The van der Waals surface area contributed by atoms with Crippen LogP contribution in [0.5, 0.6) is 0 Å². The Balaban J connectivity index is 1.72. The highest BCUT2D eigenvalue weighted by atomic mass is 14.7. The van der Waals surface area contributed by atoms with Gasteiger partial charge in [-0.1, -0.05) is 0 Å². The predicted molar refractivity (Wildman–Crippen MR) is 68.8 cm³/mol. The zero-order valence-corrected chi connectivity index (χ0v) is 10.6. The van der Waals surface area contributed by atoms with E-state index in [1.54, 1.807) is 6.20 Å². The van der Waals surface area contributed by atoms with Crippen LogP contribution >= 0.6 is 0 Å². The van der Waals surface area contributed by atoms with Gasteiger partial charge in [0.25, 0.3) is 0 Å². The molecule has 4 aliphatic rings. The Morgan fingerprint density at radius 1 is 1.06 bits per heavy atom. The van der Waals surface area contributed by atoms with E-state index in [4.69, 9.17) is 5.26 Å². The van der Waals surface area contributed by atoms with Crippen LogP contribution in [0.15, 0.2) is 18.3 Å². The largest absolute Gasteiger partial charge is 0.259 e. The molecule has 0 atom stereocenters. The fourth-order valence-corrected chi connectivity index (χ4v) is 5.20. The molecule has 4 aliphatic carbocycles. The minimum atomic E-state index is 0.364. The fourth-order valence-electron chi connectivity index (χ4n) is 5.20. The predicted octanol–water partition coefficient (Wildman–Crippen LogP) is 3.42. The monoisotopic (exact) mass is 238 g/mol. The van der Waals surface area contributed by atoms with Gasteiger partial charge in [0.2, 0.25) is 0 Å². The molecular formula is C16H18N2. The molecule has 0 aromatic carbocycles. The first kappa shape index (κ1) is 10.6. The molecule has 1 aromatic heterocycles. The first-order valence-electron chi connectivity index (χ1n) is 7.14. The van der Waals surface area contributed by atoms with Gasteiger partial charge in [0.05, 0.1) is 5.56 Å². The Morgan fingerprint density at radius 2 is 1.67 bits per heavy atom. The lowest BCUT2D eigenvalue weighted by molar-refractivity contribution is -0.00720. The van der Waals surface area contributed by atoms with Crippen LogP contribution in [0.2, 0.25) is 0 Å². The molecule has 0 radical (unpaired) electrons. The molecule has 5 rings (SSSR count). The van der Waals surface area contributed by atoms with E-state index < -0.39 is 0 Å². The van der Waals surface area contributed by atoms with Gasteiger partial charge < -0.3 is 0 Å². The molecule has 4 bridgehead atoms. The number of rotatable bonds is 1. The van der Waals surface area contributed by atoms with Crippen molar-refractivity contribution in [1.29, 1.82) is 5.26 Å². The highest BCUT2D eigenvalue weighted by Crippen LogP contribution is 2.60. The second-order valence-corrected chi connectivity index (χ2v) is 6.74. The van der Waals surface area contributed by atoms with Gasteiger partial charge in [0, 0.05) is 17.3 Å². The zero-order valence-electron chi connectivity index (χ0n) is 10.6. The summed E-state index contributed by atoms with van der Waals surface area (Å²) in [6.07, 6.45) is 10.2. The zero-order chi connectivity index (χ0) is 12.2. The van der Waals surface area contributed by atoms with Gasteiger partial charge in [-0.15, -0.1) is 0 Å². The van der Waals surface area contributed by atoms with Gasteiger partial charge >= 0.3 is 0 Å². The second kappa shape index (κ2) is 3.57. The molecule has 0 saturated heterocycles. The normalized spacial score (nSPS) is 40.7. The van der Waals surface area contributed by atoms with Crippen LogP contribution in [0.25, 0.3) is 0 Å². The van der Waals surface area contributed by atoms with E-state index in [1.165, 1.54) is 44.2 Å².